The van der Waals surface area contributed by atoms with Gasteiger partial charge in [-0.1, -0.05) is 35.3 Å². The van der Waals surface area contributed by atoms with Crippen LogP contribution in [0.4, 0.5) is 0 Å². The van der Waals surface area contributed by atoms with Gasteiger partial charge in [0.15, 0.2) is 0 Å². The lowest BCUT2D eigenvalue weighted by Crippen LogP contribution is -2.24. The molecule has 0 bridgehead atoms. The molecule has 0 aliphatic rings. The molecule has 2 N–H and O–H groups in total. The molecule has 0 aliphatic heterocycles. The Morgan fingerprint density at radius 2 is 1.87 bits per heavy atom. The van der Waals surface area contributed by atoms with Crippen molar-refractivity contribution in [3.63, 3.8) is 0 Å². The minimum Gasteiger partial charge on any atom is -0.396 e. The zero-order valence-electron chi connectivity index (χ0n) is 12.4. The lowest BCUT2D eigenvalue weighted by atomic mass is 10.1. The lowest BCUT2D eigenvalue weighted by Gasteiger charge is -2.07. The van der Waals surface area contributed by atoms with Gasteiger partial charge >= 0.3 is 0 Å². The van der Waals surface area contributed by atoms with Gasteiger partial charge in [0.25, 0.3) is 5.91 Å². The smallest absolute Gasteiger partial charge is 0.251 e. The summed E-state index contributed by atoms with van der Waals surface area (Å²) in [5.74, 6) is 0.613. The number of thioether (sulfide) groups is 1. The zero-order chi connectivity index (χ0) is 16.7. The molecular weight excluding hydrogens is 353 g/mol. The van der Waals surface area contributed by atoms with E-state index in [-0.39, 0.29) is 12.5 Å². The summed E-state index contributed by atoms with van der Waals surface area (Å²) in [6.07, 6.45) is 0.556. The largest absolute Gasteiger partial charge is 0.396 e. The highest BCUT2D eigenvalue weighted by atomic mass is 35.5. The number of benzene rings is 2. The van der Waals surface area contributed by atoms with Crippen molar-refractivity contribution < 1.29 is 9.90 Å². The zero-order valence-corrected chi connectivity index (χ0v) is 14.7. The maximum Gasteiger partial charge on any atom is 0.251 e. The molecule has 3 nitrogen and oxygen atoms in total. The minimum atomic E-state index is -0.129. The van der Waals surface area contributed by atoms with Crippen molar-refractivity contribution in [1.29, 1.82) is 0 Å². The van der Waals surface area contributed by atoms with E-state index in [9.17, 15) is 4.79 Å². The fraction of sp³-hybridized carbons (Fsp3) is 0.235. The topological polar surface area (TPSA) is 49.3 Å². The quantitative estimate of drug-likeness (QED) is 0.561. The highest BCUT2D eigenvalue weighted by Crippen LogP contribution is 2.32. The number of hydrogen-bond acceptors (Lipinski definition) is 3. The number of aliphatic hydroxyl groups is 1. The molecule has 0 fully saturated rings. The van der Waals surface area contributed by atoms with E-state index in [1.165, 1.54) is 0 Å². The van der Waals surface area contributed by atoms with Crippen molar-refractivity contribution in [3.8, 4) is 0 Å². The van der Waals surface area contributed by atoms with Gasteiger partial charge in [0, 0.05) is 34.4 Å². The van der Waals surface area contributed by atoms with Gasteiger partial charge < -0.3 is 10.4 Å². The van der Waals surface area contributed by atoms with Crippen molar-refractivity contribution in [2.75, 3.05) is 13.2 Å². The van der Waals surface area contributed by atoms with Crippen LogP contribution in [0.2, 0.25) is 10.0 Å². The summed E-state index contributed by atoms with van der Waals surface area (Å²) >= 11 is 13.7. The molecule has 0 unspecified atom stereocenters. The third kappa shape index (κ3) is 5.74. The number of carbonyl (C=O) groups excluding carboxylic acids is 1. The van der Waals surface area contributed by atoms with Crippen LogP contribution in [0.1, 0.15) is 22.3 Å². The third-order valence-corrected chi connectivity index (χ3v) is 4.93. The molecule has 0 radical (unpaired) electrons. The summed E-state index contributed by atoms with van der Waals surface area (Å²) < 4.78 is 0. The first-order valence-corrected chi connectivity index (χ1v) is 8.90. The summed E-state index contributed by atoms with van der Waals surface area (Å²) in [7, 11) is 0. The molecule has 0 heterocycles. The predicted octanol–water partition coefficient (Wildman–Crippen LogP) is 4.40. The van der Waals surface area contributed by atoms with Crippen LogP contribution in [0.5, 0.6) is 0 Å². The van der Waals surface area contributed by atoms with E-state index in [0.717, 1.165) is 16.2 Å². The lowest BCUT2D eigenvalue weighted by molar-refractivity contribution is 0.0951. The number of rotatable bonds is 7. The Bertz CT molecular complexity index is 662. The Morgan fingerprint density at radius 1 is 1.13 bits per heavy atom. The van der Waals surface area contributed by atoms with E-state index in [1.807, 2.05) is 18.2 Å². The van der Waals surface area contributed by atoms with E-state index in [4.69, 9.17) is 28.3 Å². The van der Waals surface area contributed by atoms with Crippen LogP contribution in [0.3, 0.4) is 0 Å². The van der Waals surface area contributed by atoms with E-state index in [2.05, 4.69) is 5.32 Å². The molecule has 0 spiro atoms. The number of hydrogen-bond donors (Lipinski definition) is 2. The van der Waals surface area contributed by atoms with E-state index >= 15 is 0 Å². The van der Waals surface area contributed by atoms with Crippen molar-refractivity contribution in [3.05, 3.63) is 63.6 Å². The molecule has 122 valence electrons. The number of amides is 1. The molecule has 23 heavy (non-hydrogen) atoms. The molecule has 2 rings (SSSR count). The van der Waals surface area contributed by atoms with E-state index < -0.39 is 0 Å². The second-order valence-electron chi connectivity index (χ2n) is 4.89. The maximum atomic E-state index is 11.9. The molecule has 2 aromatic rings. The molecule has 6 heteroatoms. The fourth-order valence-electron chi connectivity index (χ4n) is 1.88. The maximum absolute atomic E-state index is 11.9. The van der Waals surface area contributed by atoms with Crippen molar-refractivity contribution in [2.24, 2.45) is 0 Å². The van der Waals surface area contributed by atoms with Crippen LogP contribution in [0.15, 0.2) is 47.4 Å². The Kier molecular flexibility index (Phi) is 7.24. The van der Waals surface area contributed by atoms with Crippen LogP contribution in [-0.4, -0.2) is 24.2 Å². The summed E-state index contributed by atoms with van der Waals surface area (Å²) in [4.78, 5) is 12.8. The summed E-state index contributed by atoms with van der Waals surface area (Å²) in [6.45, 7) is 0.544. The molecule has 0 aliphatic carbocycles. The molecule has 0 aromatic heterocycles. The van der Waals surface area contributed by atoms with Crippen molar-refractivity contribution in [1.82, 2.24) is 5.32 Å². The van der Waals surface area contributed by atoms with Crippen molar-refractivity contribution in [2.45, 2.75) is 17.1 Å². The van der Waals surface area contributed by atoms with Crippen LogP contribution >= 0.6 is 35.0 Å². The molecule has 2 aromatic carbocycles. The van der Waals surface area contributed by atoms with Crippen molar-refractivity contribution >= 4 is 40.9 Å². The SMILES string of the molecule is O=C(NCCCO)c1ccc(CSc2cc(Cl)ccc2Cl)cc1. The predicted molar refractivity (Wildman–Crippen MR) is 96.5 cm³/mol. The standard InChI is InChI=1S/C17H17Cl2NO2S/c18-14-6-7-15(19)16(10-14)23-11-12-2-4-13(5-3-12)17(22)20-8-1-9-21/h2-7,10,21H,1,8-9,11H2,(H,20,22). The molecule has 0 saturated carbocycles. The average molecular weight is 370 g/mol. The van der Waals surface area contributed by atoms with E-state index in [1.54, 1.807) is 36.0 Å². The highest BCUT2D eigenvalue weighted by Gasteiger charge is 2.06. The molecule has 0 saturated heterocycles. The summed E-state index contributed by atoms with van der Waals surface area (Å²) in [5, 5.41) is 12.8. The van der Waals surface area contributed by atoms with Gasteiger partial charge in [-0.2, -0.15) is 0 Å². The Balaban J connectivity index is 1.92. The van der Waals surface area contributed by atoms with Gasteiger partial charge in [0.1, 0.15) is 0 Å². The first-order chi connectivity index (χ1) is 11.1. The Labute approximate surface area is 150 Å². The molecule has 1 amide bonds. The highest BCUT2D eigenvalue weighted by molar-refractivity contribution is 7.98. The van der Waals surface area contributed by atoms with Gasteiger partial charge in [-0.05, 0) is 42.3 Å². The molecular formula is C17H17Cl2NO2S. The fourth-order valence-corrected chi connectivity index (χ4v) is 3.33. The monoisotopic (exact) mass is 369 g/mol. The second kappa shape index (κ2) is 9.18. The van der Waals surface area contributed by atoms with Gasteiger partial charge in [-0.25, -0.2) is 0 Å². The Morgan fingerprint density at radius 3 is 2.57 bits per heavy atom. The van der Waals surface area contributed by atoms with Gasteiger partial charge in [-0.3, -0.25) is 4.79 Å². The second-order valence-corrected chi connectivity index (χ2v) is 6.75. The summed E-state index contributed by atoms with van der Waals surface area (Å²) in [5.41, 5.74) is 1.70. The van der Waals surface area contributed by atoms with Crippen LogP contribution in [0, 0.1) is 0 Å². The normalized spacial score (nSPS) is 10.6. The third-order valence-electron chi connectivity index (χ3n) is 3.12. The number of aliphatic hydroxyl groups excluding tert-OH is 1. The van der Waals surface area contributed by atoms with Gasteiger partial charge in [0.2, 0.25) is 0 Å². The number of carbonyl (C=O) groups is 1. The number of halogens is 2. The minimum absolute atomic E-state index is 0.0719. The van der Waals surface area contributed by atoms with Gasteiger partial charge in [0.05, 0.1) is 5.02 Å². The first kappa shape index (κ1) is 18.1. The molecule has 0 atom stereocenters. The average Bonchev–Trinajstić information content (AvgIpc) is 2.56. The van der Waals surface area contributed by atoms with Gasteiger partial charge in [-0.15, -0.1) is 11.8 Å². The van der Waals surface area contributed by atoms with Crippen LogP contribution in [0.25, 0.3) is 0 Å². The van der Waals surface area contributed by atoms with Crippen LogP contribution in [-0.2, 0) is 5.75 Å². The summed E-state index contributed by atoms with van der Waals surface area (Å²) in [6, 6.07) is 12.8. The van der Waals surface area contributed by atoms with E-state index in [0.29, 0.717) is 28.6 Å². The van der Waals surface area contributed by atoms with Crippen LogP contribution < -0.4 is 5.32 Å². The number of nitrogens with one attached hydrogen (secondary N) is 1. The first-order valence-electron chi connectivity index (χ1n) is 7.16. The Hall–Kier alpha value is -1.20.